The van der Waals surface area contributed by atoms with E-state index in [1.54, 1.807) is 13.8 Å². The Labute approximate surface area is 217 Å². The Morgan fingerprint density at radius 2 is 1.03 bits per heavy atom. The first-order valence-electron chi connectivity index (χ1n) is 10.2. The van der Waals surface area contributed by atoms with Crippen LogP contribution in [0.25, 0.3) is 0 Å². The fourth-order valence-electron chi connectivity index (χ4n) is 6.24. The smallest absolute Gasteiger partial charge is 0.162 e. The molecule has 0 amide bonds. The fraction of sp³-hybridized carbons (Fsp3) is 0.440. The molecule has 1 spiro atoms. The summed E-state index contributed by atoms with van der Waals surface area (Å²) in [5.41, 5.74) is 5.94. The second-order valence-corrected chi connectivity index (χ2v) is 13.6. The third-order valence-corrected chi connectivity index (χ3v) is 9.85. The Morgan fingerprint density at radius 3 is 1.32 bits per heavy atom. The largest absolute Gasteiger partial charge is 0.294 e. The van der Waals surface area contributed by atoms with E-state index in [1.165, 1.54) is 22.3 Å². The number of carbonyl (C=O) groups is 2. The van der Waals surface area contributed by atoms with Crippen molar-refractivity contribution < 1.29 is 9.59 Å². The molecular formula is C25H24Br4O2. The molecular weight excluding hydrogens is 652 g/mol. The highest BCUT2D eigenvalue weighted by Crippen LogP contribution is 2.66. The minimum atomic E-state index is -0.196. The van der Waals surface area contributed by atoms with Gasteiger partial charge in [-0.05, 0) is 136 Å². The monoisotopic (exact) mass is 672 g/mol. The van der Waals surface area contributed by atoms with Gasteiger partial charge in [0.15, 0.2) is 11.6 Å². The molecule has 4 rings (SSSR count). The summed E-state index contributed by atoms with van der Waals surface area (Å²) >= 11 is 15.0. The second kappa shape index (κ2) is 7.35. The highest BCUT2D eigenvalue weighted by molar-refractivity contribution is 9.11. The first-order valence-corrected chi connectivity index (χ1v) is 13.4. The van der Waals surface area contributed by atoms with E-state index in [9.17, 15) is 9.59 Å². The van der Waals surface area contributed by atoms with Gasteiger partial charge < -0.3 is 0 Å². The lowest BCUT2D eigenvalue weighted by Gasteiger charge is -2.30. The van der Waals surface area contributed by atoms with Gasteiger partial charge in [0.05, 0.1) is 0 Å². The Hall–Kier alpha value is -0.300. The van der Waals surface area contributed by atoms with Crippen LogP contribution in [0.3, 0.4) is 0 Å². The maximum atomic E-state index is 12.4. The topological polar surface area (TPSA) is 34.1 Å². The Balaban J connectivity index is 2.13. The average molecular weight is 676 g/mol. The van der Waals surface area contributed by atoms with Crippen molar-refractivity contribution in [2.45, 2.75) is 70.6 Å². The summed E-state index contributed by atoms with van der Waals surface area (Å²) in [6.45, 7) is 12.3. The fourth-order valence-corrected chi connectivity index (χ4v) is 10.7. The van der Waals surface area contributed by atoms with Crippen LogP contribution in [0.15, 0.2) is 30.0 Å². The molecule has 0 heterocycles. The van der Waals surface area contributed by atoms with Crippen molar-refractivity contribution >= 4 is 75.3 Å². The highest BCUT2D eigenvalue weighted by Gasteiger charge is 2.58. The summed E-state index contributed by atoms with van der Waals surface area (Å²) in [4.78, 5) is 24.8. The lowest BCUT2D eigenvalue weighted by molar-refractivity contribution is 0.100. The summed E-state index contributed by atoms with van der Waals surface area (Å²) in [6, 6.07) is 4.33. The molecule has 2 aliphatic rings. The van der Waals surface area contributed by atoms with Crippen LogP contribution in [-0.2, 0) is 16.2 Å². The van der Waals surface area contributed by atoms with E-state index in [-0.39, 0.29) is 27.8 Å². The van der Waals surface area contributed by atoms with Crippen molar-refractivity contribution in [3.8, 4) is 0 Å². The maximum absolute atomic E-state index is 12.4. The predicted octanol–water partition coefficient (Wildman–Crippen LogP) is 8.79. The van der Waals surface area contributed by atoms with Crippen molar-refractivity contribution in [1.82, 2.24) is 0 Å². The normalized spacial score (nSPS) is 19.4. The predicted molar refractivity (Wildman–Crippen MR) is 140 cm³/mol. The average Bonchev–Trinajstić information content (AvgIpc) is 2.93. The summed E-state index contributed by atoms with van der Waals surface area (Å²) in [5.74, 6) is 0.0871. The molecule has 0 bridgehead atoms. The first-order chi connectivity index (χ1) is 14.2. The second-order valence-electron chi connectivity index (χ2n) is 10.3. The molecule has 0 radical (unpaired) electrons. The van der Waals surface area contributed by atoms with Crippen molar-refractivity contribution in [1.29, 1.82) is 0 Å². The Kier molecular flexibility index (Phi) is 5.65. The van der Waals surface area contributed by atoms with E-state index in [2.05, 4.69) is 104 Å². The van der Waals surface area contributed by atoms with Gasteiger partial charge in [0.1, 0.15) is 0 Å². The molecule has 0 aromatic heterocycles. The van der Waals surface area contributed by atoms with Gasteiger partial charge in [0.25, 0.3) is 0 Å². The number of hydrogen-bond acceptors (Lipinski definition) is 2. The van der Waals surface area contributed by atoms with Gasteiger partial charge in [-0.25, -0.2) is 0 Å². The molecule has 2 aromatic rings. The number of carbonyl (C=O) groups excluding carboxylic acids is 2. The van der Waals surface area contributed by atoms with E-state index in [0.717, 1.165) is 30.7 Å². The molecule has 0 atom stereocenters. The van der Waals surface area contributed by atoms with Crippen molar-refractivity contribution in [2.75, 3.05) is 0 Å². The third-order valence-electron chi connectivity index (χ3n) is 7.01. The van der Waals surface area contributed by atoms with E-state index in [1.807, 2.05) is 0 Å². The van der Waals surface area contributed by atoms with E-state index in [0.29, 0.717) is 11.1 Å². The summed E-state index contributed by atoms with van der Waals surface area (Å²) in [5, 5.41) is 0. The van der Waals surface area contributed by atoms with E-state index >= 15 is 0 Å². The van der Waals surface area contributed by atoms with Gasteiger partial charge in [-0.1, -0.05) is 27.7 Å². The molecule has 0 N–H and O–H groups in total. The van der Waals surface area contributed by atoms with Crippen molar-refractivity contribution in [3.05, 3.63) is 63.4 Å². The first kappa shape index (κ1) is 23.8. The van der Waals surface area contributed by atoms with Gasteiger partial charge >= 0.3 is 0 Å². The van der Waals surface area contributed by atoms with Crippen LogP contribution in [0.1, 0.15) is 97.4 Å². The number of fused-ring (bicyclic) bond motifs is 4. The quantitative estimate of drug-likeness (QED) is 0.298. The van der Waals surface area contributed by atoms with Gasteiger partial charge in [0, 0.05) is 34.4 Å². The third kappa shape index (κ3) is 3.25. The summed E-state index contributed by atoms with van der Waals surface area (Å²) < 4.78 is 3.45. The van der Waals surface area contributed by atoms with Crippen LogP contribution >= 0.6 is 63.7 Å². The summed E-state index contributed by atoms with van der Waals surface area (Å²) in [7, 11) is 0. The number of benzene rings is 2. The number of Topliss-reactive ketones (excluding diaryl/α,β-unsaturated/α-hetero) is 2. The highest BCUT2D eigenvalue weighted by atomic mass is 79.9. The van der Waals surface area contributed by atoms with E-state index in [4.69, 9.17) is 0 Å². The van der Waals surface area contributed by atoms with Gasteiger partial charge in [-0.2, -0.15) is 0 Å². The maximum Gasteiger partial charge on any atom is 0.162 e. The van der Waals surface area contributed by atoms with Crippen molar-refractivity contribution in [2.24, 2.45) is 0 Å². The zero-order valence-electron chi connectivity index (χ0n) is 18.4. The Morgan fingerprint density at radius 1 is 0.710 bits per heavy atom. The van der Waals surface area contributed by atoms with Crippen LogP contribution in [0.5, 0.6) is 0 Å². The molecule has 164 valence electrons. The van der Waals surface area contributed by atoms with Crippen LogP contribution in [0, 0.1) is 0 Å². The zero-order chi connectivity index (χ0) is 23.3. The number of halogens is 4. The molecule has 31 heavy (non-hydrogen) atoms. The molecule has 0 fully saturated rings. The minimum absolute atomic E-state index is 0.0436. The van der Waals surface area contributed by atoms with Gasteiger partial charge in [0.2, 0.25) is 0 Å². The standard InChI is InChI=1S/C25H24Br4O2/c1-11(30)17-15(26)7-13-19(21(17)28)23(3,4)9-25(13)10-24(5,6)20-14(25)8-16(27)18(12(2)31)22(20)29/h7-8H,9-10H2,1-6H3. The molecule has 0 unspecified atom stereocenters. The lowest BCUT2D eigenvalue weighted by atomic mass is 9.72. The molecule has 2 aliphatic carbocycles. The molecule has 0 aliphatic heterocycles. The molecule has 2 aromatic carbocycles. The summed E-state index contributed by atoms with van der Waals surface area (Å²) in [6.07, 6.45) is 1.88. The number of rotatable bonds is 2. The molecule has 0 saturated heterocycles. The number of hydrogen-bond donors (Lipinski definition) is 0. The van der Waals surface area contributed by atoms with E-state index < -0.39 is 0 Å². The SMILES string of the molecule is CC(=O)c1c(Br)cc2c(c1Br)C(C)(C)CC21CC(C)(C)c2c1cc(Br)c(C(C)=O)c2Br. The molecule has 0 saturated carbocycles. The van der Waals surface area contributed by atoms with Crippen LogP contribution in [0.4, 0.5) is 0 Å². The lowest BCUT2D eigenvalue weighted by Crippen LogP contribution is -2.27. The zero-order valence-corrected chi connectivity index (χ0v) is 24.7. The van der Waals surface area contributed by atoms with Gasteiger partial charge in [-0.3, -0.25) is 9.59 Å². The van der Waals surface area contributed by atoms with Crippen molar-refractivity contribution in [3.63, 3.8) is 0 Å². The van der Waals surface area contributed by atoms with Crippen LogP contribution in [-0.4, -0.2) is 11.6 Å². The van der Waals surface area contributed by atoms with Crippen LogP contribution < -0.4 is 0 Å². The minimum Gasteiger partial charge on any atom is -0.294 e. The number of ketones is 2. The van der Waals surface area contributed by atoms with Gasteiger partial charge in [-0.15, -0.1) is 0 Å². The Bertz CT molecular complexity index is 1100. The molecule has 2 nitrogen and oxygen atoms in total. The molecule has 6 heteroatoms. The van der Waals surface area contributed by atoms with Crippen LogP contribution in [0.2, 0.25) is 0 Å².